The summed E-state index contributed by atoms with van der Waals surface area (Å²) >= 11 is 6.35. The lowest BCUT2D eigenvalue weighted by Crippen LogP contribution is -1.85. The predicted octanol–water partition coefficient (Wildman–Crippen LogP) is 6.39. The first kappa shape index (κ1) is 19.7. The third kappa shape index (κ3) is 5.25. The van der Waals surface area contributed by atoms with Crippen LogP contribution in [-0.4, -0.2) is 16.6 Å². The van der Waals surface area contributed by atoms with Crippen LogP contribution in [0.1, 0.15) is 18.1 Å². The van der Waals surface area contributed by atoms with Crippen molar-refractivity contribution in [3.63, 3.8) is 0 Å². The van der Waals surface area contributed by atoms with E-state index in [2.05, 4.69) is 21.8 Å². The normalized spacial score (nSPS) is 12.4. The highest BCUT2D eigenvalue weighted by Gasteiger charge is 2.08. The summed E-state index contributed by atoms with van der Waals surface area (Å²) in [6, 6.07) is 11.8. The van der Waals surface area contributed by atoms with Crippen LogP contribution in [0, 0.1) is 24.7 Å². The Morgan fingerprint density at radius 1 is 1.25 bits per heavy atom. The van der Waals surface area contributed by atoms with Crippen LogP contribution in [0.15, 0.2) is 60.7 Å². The minimum atomic E-state index is -0.472. The van der Waals surface area contributed by atoms with E-state index in [0.717, 1.165) is 11.1 Å². The number of nitrogens with one attached hydrogen (secondary N) is 1. The first-order chi connectivity index (χ1) is 13.5. The van der Waals surface area contributed by atoms with Gasteiger partial charge in [-0.1, -0.05) is 65.4 Å². The molecule has 0 aliphatic heterocycles. The zero-order valence-electron chi connectivity index (χ0n) is 15.7. The van der Waals surface area contributed by atoms with Crippen molar-refractivity contribution in [2.75, 3.05) is 6.67 Å². The SMILES string of the molecule is Cc1ccc(Oc2nc3cc(Cl)c(C#CC(C)/C=C\C=C/CF)cc3[nH]2)cc1. The maximum atomic E-state index is 12.0. The maximum absolute atomic E-state index is 12.0. The topological polar surface area (TPSA) is 37.9 Å². The summed E-state index contributed by atoms with van der Waals surface area (Å²) in [6.45, 7) is 3.51. The summed E-state index contributed by atoms with van der Waals surface area (Å²) in [5, 5.41) is 0.530. The number of aromatic amines is 1. The number of allylic oxidation sites excluding steroid dienone is 4. The standard InChI is InChI=1S/C23H20ClFN2O/c1-16(6-4-3-5-13-25)7-10-18-14-21-22(15-20(18)24)27-23(26-21)28-19-11-8-17(2)9-12-19/h3-6,8-9,11-12,14-16H,13H2,1-2H3,(H,26,27)/b5-3-,6-4-. The highest BCUT2D eigenvalue weighted by Crippen LogP contribution is 2.26. The van der Waals surface area contributed by atoms with Crippen molar-refractivity contribution in [1.82, 2.24) is 9.97 Å². The zero-order valence-corrected chi connectivity index (χ0v) is 16.4. The second-order valence-corrected chi connectivity index (χ2v) is 6.74. The highest BCUT2D eigenvalue weighted by atomic mass is 35.5. The van der Waals surface area contributed by atoms with Gasteiger partial charge in [0.05, 0.1) is 16.1 Å². The average Bonchev–Trinajstić information content (AvgIpc) is 3.06. The largest absolute Gasteiger partial charge is 0.426 e. The zero-order chi connectivity index (χ0) is 19.9. The number of benzene rings is 2. The van der Waals surface area contributed by atoms with Crippen LogP contribution in [0.2, 0.25) is 5.02 Å². The van der Waals surface area contributed by atoms with E-state index in [0.29, 0.717) is 27.9 Å². The number of hydrogen-bond donors (Lipinski definition) is 1. The van der Waals surface area contributed by atoms with Crippen LogP contribution in [0.3, 0.4) is 0 Å². The molecule has 1 aromatic heterocycles. The molecule has 3 aromatic rings. The van der Waals surface area contributed by atoms with Crippen molar-refractivity contribution < 1.29 is 9.13 Å². The Morgan fingerprint density at radius 3 is 2.79 bits per heavy atom. The van der Waals surface area contributed by atoms with Gasteiger partial charge in [-0.25, -0.2) is 4.39 Å². The fourth-order valence-corrected chi connectivity index (χ4v) is 2.68. The molecule has 0 radical (unpaired) electrons. The van der Waals surface area contributed by atoms with Gasteiger partial charge in [0.2, 0.25) is 0 Å². The molecule has 0 amide bonds. The van der Waals surface area contributed by atoms with Crippen LogP contribution in [0.5, 0.6) is 11.8 Å². The van der Waals surface area contributed by atoms with Gasteiger partial charge in [0.15, 0.2) is 0 Å². The Balaban J connectivity index is 1.79. The van der Waals surface area contributed by atoms with E-state index in [4.69, 9.17) is 16.3 Å². The molecule has 0 aliphatic carbocycles. The summed E-state index contributed by atoms with van der Waals surface area (Å²) in [4.78, 5) is 7.57. The summed E-state index contributed by atoms with van der Waals surface area (Å²) in [5.41, 5.74) is 3.38. The number of halogens is 2. The molecule has 28 heavy (non-hydrogen) atoms. The van der Waals surface area contributed by atoms with Gasteiger partial charge in [-0.15, -0.1) is 0 Å². The Kier molecular flexibility index (Phi) is 6.52. The molecule has 1 unspecified atom stereocenters. The maximum Gasteiger partial charge on any atom is 0.300 e. The molecule has 0 saturated carbocycles. The number of nitrogens with zero attached hydrogens (tertiary/aromatic N) is 1. The summed E-state index contributed by atoms with van der Waals surface area (Å²) in [5.74, 6) is 6.93. The number of hydrogen-bond acceptors (Lipinski definition) is 2. The van der Waals surface area contributed by atoms with Gasteiger partial charge >= 0.3 is 0 Å². The second kappa shape index (κ2) is 9.25. The summed E-state index contributed by atoms with van der Waals surface area (Å²) in [6.07, 6.45) is 6.79. The molecule has 0 aliphatic rings. The Morgan fingerprint density at radius 2 is 2.04 bits per heavy atom. The first-order valence-corrected chi connectivity index (χ1v) is 9.27. The minimum absolute atomic E-state index is 0.0122. The van der Waals surface area contributed by atoms with Gasteiger partial charge in [0.1, 0.15) is 12.4 Å². The van der Waals surface area contributed by atoms with E-state index >= 15 is 0 Å². The molecule has 2 aromatic carbocycles. The molecule has 0 saturated heterocycles. The molecular formula is C23H20ClFN2O. The average molecular weight is 395 g/mol. The van der Waals surface area contributed by atoms with Gasteiger partial charge in [0, 0.05) is 11.5 Å². The van der Waals surface area contributed by atoms with E-state index in [1.165, 1.54) is 6.08 Å². The van der Waals surface area contributed by atoms with E-state index in [9.17, 15) is 4.39 Å². The van der Waals surface area contributed by atoms with E-state index in [-0.39, 0.29) is 5.92 Å². The molecule has 142 valence electrons. The smallest absolute Gasteiger partial charge is 0.300 e. The predicted molar refractivity (Wildman–Crippen MR) is 113 cm³/mol. The van der Waals surface area contributed by atoms with Gasteiger partial charge in [-0.2, -0.15) is 4.98 Å². The van der Waals surface area contributed by atoms with Crippen LogP contribution in [0.25, 0.3) is 11.0 Å². The number of alkyl halides is 1. The minimum Gasteiger partial charge on any atom is -0.426 e. The van der Waals surface area contributed by atoms with Crippen LogP contribution < -0.4 is 4.74 Å². The van der Waals surface area contributed by atoms with Gasteiger partial charge < -0.3 is 9.72 Å². The van der Waals surface area contributed by atoms with Crippen molar-refractivity contribution in [2.45, 2.75) is 13.8 Å². The molecule has 3 rings (SSSR count). The Hall–Kier alpha value is -3.03. The number of rotatable bonds is 5. The van der Waals surface area contributed by atoms with Crippen LogP contribution in [-0.2, 0) is 0 Å². The number of aromatic nitrogens is 2. The van der Waals surface area contributed by atoms with E-state index in [1.807, 2.05) is 50.3 Å². The first-order valence-electron chi connectivity index (χ1n) is 8.90. The van der Waals surface area contributed by atoms with Crippen molar-refractivity contribution in [3.05, 3.63) is 76.9 Å². The Labute approximate surface area is 168 Å². The highest BCUT2D eigenvalue weighted by molar-refractivity contribution is 6.32. The van der Waals surface area contributed by atoms with Crippen molar-refractivity contribution >= 4 is 22.6 Å². The summed E-state index contributed by atoms with van der Waals surface area (Å²) < 4.78 is 17.8. The van der Waals surface area contributed by atoms with E-state index < -0.39 is 6.67 Å². The third-order valence-corrected chi connectivity index (χ3v) is 4.27. The monoisotopic (exact) mass is 394 g/mol. The molecule has 3 nitrogen and oxygen atoms in total. The van der Waals surface area contributed by atoms with Gasteiger partial charge in [-0.05, 0) is 38.1 Å². The van der Waals surface area contributed by atoms with Crippen molar-refractivity contribution in [2.24, 2.45) is 5.92 Å². The molecule has 1 atom stereocenters. The number of imidazole rings is 1. The summed E-state index contributed by atoms with van der Waals surface area (Å²) in [7, 11) is 0. The second-order valence-electron chi connectivity index (χ2n) is 6.33. The molecule has 1 N–H and O–H groups in total. The van der Waals surface area contributed by atoms with Crippen LogP contribution in [0.4, 0.5) is 4.39 Å². The van der Waals surface area contributed by atoms with Gasteiger partial charge in [-0.3, -0.25) is 0 Å². The van der Waals surface area contributed by atoms with E-state index in [1.54, 1.807) is 18.2 Å². The van der Waals surface area contributed by atoms with Crippen molar-refractivity contribution in [1.29, 1.82) is 0 Å². The number of ether oxygens (including phenoxy) is 1. The molecule has 5 heteroatoms. The Bertz CT molecular complexity index is 1070. The lowest BCUT2D eigenvalue weighted by molar-refractivity contribution is 0.449. The molecule has 0 fully saturated rings. The van der Waals surface area contributed by atoms with Crippen molar-refractivity contribution in [3.8, 4) is 23.6 Å². The third-order valence-electron chi connectivity index (χ3n) is 3.96. The van der Waals surface area contributed by atoms with Crippen LogP contribution >= 0.6 is 11.6 Å². The lowest BCUT2D eigenvalue weighted by Gasteiger charge is -2.01. The number of aryl methyl sites for hydroxylation is 1. The molecule has 0 spiro atoms. The molecule has 1 heterocycles. The number of H-pyrrole nitrogens is 1. The lowest BCUT2D eigenvalue weighted by atomic mass is 10.1. The number of fused-ring (bicyclic) bond motifs is 1. The quantitative estimate of drug-likeness (QED) is 0.402. The van der Waals surface area contributed by atoms with Gasteiger partial charge in [0.25, 0.3) is 6.01 Å². The molecule has 0 bridgehead atoms. The fraction of sp³-hybridized carbons (Fsp3) is 0.174. The fourth-order valence-electron chi connectivity index (χ4n) is 2.47. The molecular weight excluding hydrogens is 375 g/mol.